The predicted octanol–water partition coefficient (Wildman–Crippen LogP) is 4.06. The molecule has 0 aliphatic heterocycles. The Morgan fingerprint density at radius 2 is 2.17 bits per heavy atom. The summed E-state index contributed by atoms with van der Waals surface area (Å²) in [5.41, 5.74) is 1.39. The van der Waals surface area contributed by atoms with Crippen LogP contribution in [-0.4, -0.2) is 10.9 Å². The van der Waals surface area contributed by atoms with Crippen molar-refractivity contribution in [1.29, 1.82) is 0 Å². The monoisotopic (exact) mass is 324 g/mol. The van der Waals surface area contributed by atoms with Crippen LogP contribution in [0.5, 0.6) is 0 Å². The molecule has 0 saturated heterocycles. The number of halogens is 2. The van der Waals surface area contributed by atoms with E-state index in [0.717, 1.165) is 10.0 Å². The fourth-order valence-corrected chi connectivity index (χ4v) is 2.34. The highest BCUT2D eigenvalue weighted by atomic mass is 79.9. The zero-order chi connectivity index (χ0) is 13.1. The van der Waals surface area contributed by atoms with Crippen LogP contribution in [0, 0.1) is 6.92 Å². The van der Waals surface area contributed by atoms with Gasteiger partial charge in [0, 0.05) is 21.3 Å². The van der Waals surface area contributed by atoms with Gasteiger partial charge in [-0.3, -0.25) is 4.79 Å². The lowest BCUT2D eigenvalue weighted by atomic mass is 10.2. The summed E-state index contributed by atoms with van der Waals surface area (Å²) < 4.78 is 0.762. The van der Waals surface area contributed by atoms with Crippen molar-refractivity contribution in [1.82, 2.24) is 4.98 Å². The first-order valence-electron chi connectivity index (χ1n) is 5.25. The Balaban J connectivity index is 2.25. The fourth-order valence-electron chi connectivity index (χ4n) is 1.48. The Morgan fingerprint density at radius 3 is 2.83 bits per heavy atom. The van der Waals surface area contributed by atoms with Gasteiger partial charge in [0.15, 0.2) is 0 Å². The molecule has 0 bridgehead atoms. The molecule has 3 nitrogen and oxygen atoms in total. The molecule has 1 aromatic carbocycles. The van der Waals surface area contributed by atoms with E-state index in [0.29, 0.717) is 16.4 Å². The second-order valence-corrected chi connectivity index (χ2v) is 5.13. The van der Waals surface area contributed by atoms with Gasteiger partial charge in [-0.2, -0.15) is 0 Å². The van der Waals surface area contributed by atoms with Gasteiger partial charge in [0.25, 0.3) is 5.91 Å². The molecule has 0 atom stereocenters. The normalized spacial score (nSPS) is 10.2. The molecule has 92 valence electrons. The first kappa shape index (κ1) is 13.1. The van der Waals surface area contributed by atoms with Crippen molar-refractivity contribution in [2.75, 3.05) is 5.32 Å². The first-order chi connectivity index (χ1) is 8.56. The van der Waals surface area contributed by atoms with Gasteiger partial charge < -0.3 is 5.32 Å². The van der Waals surface area contributed by atoms with E-state index in [1.807, 2.05) is 19.1 Å². The Labute approximate surface area is 118 Å². The number of rotatable bonds is 2. The molecule has 0 spiro atoms. The maximum atomic E-state index is 12.0. The molecule has 0 saturated carbocycles. The predicted molar refractivity (Wildman–Crippen MR) is 76.1 cm³/mol. The van der Waals surface area contributed by atoms with Crippen LogP contribution in [0.3, 0.4) is 0 Å². The van der Waals surface area contributed by atoms with E-state index in [2.05, 4.69) is 26.2 Å². The maximum absolute atomic E-state index is 12.0. The molecule has 2 aromatic rings. The summed E-state index contributed by atoms with van der Waals surface area (Å²) in [6.07, 6.45) is 1.64. The van der Waals surface area contributed by atoms with E-state index in [-0.39, 0.29) is 5.91 Å². The van der Waals surface area contributed by atoms with Crippen molar-refractivity contribution in [3.05, 3.63) is 57.2 Å². The smallest absolute Gasteiger partial charge is 0.256 e. The van der Waals surface area contributed by atoms with Gasteiger partial charge in [-0.05, 0) is 36.8 Å². The molecule has 1 aromatic heterocycles. The number of anilines is 1. The zero-order valence-electron chi connectivity index (χ0n) is 9.58. The van der Waals surface area contributed by atoms with E-state index in [4.69, 9.17) is 11.6 Å². The third kappa shape index (κ3) is 3.09. The van der Waals surface area contributed by atoms with Crippen LogP contribution in [0.1, 0.15) is 15.9 Å². The highest BCUT2D eigenvalue weighted by Gasteiger charge is 2.09. The zero-order valence-corrected chi connectivity index (χ0v) is 11.9. The van der Waals surface area contributed by atoms with Gasteiger partial charge in [-0.15, -0.1) is 0 Å². The molecule has 0 aliphatic rings. The average Bonchev–Trinajstić information content (AvgIpc) is 2.31. The molecule has 1 heterocycles. The summed E-state index contributed by atoms with van der Waals surface area (Å²) in [5, 5.41) is 3.26. The highest BCUT2D eigenvalue weighted by molar-refractivity contribution is 9.10. The van der Waals surface area contributed by atoms with Crippen molar-refractivity contribution in [3.63, 3.8) is 0 Å². The Hall–Kier alpha value is -1.39. The van der Waals surface area contributed by atoms with E-state index < -0.39 is 0 Å². The summed E-state index contributed by atoms with van der Waals surface area (Å²) in [4.78, 5) is 16.2. The van der Waals surface area contributed by atoms with Crippen molar-refractivity contribution >= 4 is 39.3 Å². The summed E-state index contributed by atoms with van der Waals surface area (Å²) in [6, 6.07) is 8.75. The lowest BCUT2D eigenvalue weighted by Gasteiger charge is -2.07. The number of amides is 1. The maximum Gasteiger partial charge on any atom is 0.256 e. The Morgan fingerprint density at radius 1 is 1.39 bits per heavy atom. The lowest BCUT2D eigenvalue weighted by Crippen LogP contribution is -2.13. The molecule has 18 heavy (non-hydrogen) atoms. The average molecular weight is 326 g/mol. The second kappa shape index (κ2) is 5.50. The van der Waals surface area contributed by atoms with Crippen LogP contribution >= 0.6 is 27.5 Å². The fraction of sp³-hybridized carbons (Fsp3) is 0.0769. The topological polar surface area (TPSA) is 42.0 Å². The number of hydrogen-bond acceptors (Lipinski definition) is 2. The summed E-state index contributed by atoms with van der Waals surface area (Å²) in [5.74, 6) is 0.318. The quantitative estimate of drug-likeness (QED) is 0.905. The summed E-state index contributed by atoms with van der Waals surface area (Å²) in [7, 11) is 0. The third-order valence-corrected chi connectivity index (χ3v) is 3.04. The number of aryl methyl sites for hydroxylation is 1. The highest BCUT2D eigenvalue weighted by Crippen LogP contribution is 2.20. The molecule has 2 rings (SSSR count). The number of aromatic nitrogens is 1. The lowest BCUT2D eigenvalue weighted by molar-refractivity contribution is 0.102. The van der Waals surface area contributed by atoms with Crippen molar-refractivity contribution < 1.29 is 4.79 Å². The Kier molecular flexibility index (Phi) is 3.99. The van der Waals surface area contributed by atoms with Crippen LogP contribution in [0.15, 0.2) is 41.0 Å². The van der Waals surface area contributed by atoms with Crippen LogP contribution in [0.25, 0.3) is 0 Å². The molecule has 0 fully saturated rings. The van der Waals surface area contributed by atoms with E-state index in [9.17, 15) is 4.79 Å². The van der Waals surface area contributed by atoms with E-state index >= 15 is 0 Å². The van der Waals surface area contributed by atoms with Crippen molar-refractivity contribution in [2.45, 2.75) is 6.92 Å². The number of pyridine rings is 1. The van der Waals surface area contributed by atoms with E-state index in [1.54, 1.807) is 24.4 Å². The number of carbonyl (C=O) groups is 1. The second-order valence-electron chi connectivity index (χ2n) is 3.78. The minimum absolute atomic E-state index is 0.236. The van der Waals surface area contributed by atoms with Gasteiger partial charge in [0.2, 0.25) is 0 Å². The SMILES string of the molecule is Cc1cccnc1NC(=O)c1cc(Cl)cc(Br)c1. The molecular formula is C13H10BrClN2O. The van der Waals surface area contributed by atoms with Gasteiger partial charge in [-0.1, -0.05) is 33.6 Å². The summed E-state index contributed by atoms with van der Waals surface area (Å²) in [6.45, 7) is 1.89. The molecule has 5 heteroatoms. The van der Waals surface area contributed by atoms with E-state index in [1.165, 1.54) is 0 Å². The third-order valence-electron chi connectivity index (χ3n) is 2.37. The van der Waals surface area contributed by atoms with Gasteiger partial charge in [-0.25, -0.2) is 4.98 Å². The number of hydrogen-bond donors (Lipinski definition) is 1. The van der Waals surface area contributed by atoms with Gasteiger partial charge >= 0.3 is 0 Å². The molecule has 0 aliphatic carbocycles. The molecule has 0 unspecified atom stereocenters. The number of benzene rings is 1. The van der Waals surface area contributed by atoms with Gasteiger partial charge in [0.1, 0.15) is 5.82 Å². The molecule has 0 radical (unpaired) electrons. The number of carbonyl (C=O) groups excluding carboxylic acids is 1. The van der Waals surface area contributed by atoms with Crippen molar-refractivity contribution in [3.8, 4) is 0 Å². The molecular weight excluding hydrogens is 316 g/mol. The van der Waals surface area contributed by atoms with Crippen molar-refractivity contribution in [2.24, 2.45) is 0 Å². The van der Waals surface area contributed by atoms with Gasteiger partial charge in [0.05, 0.1) is 0 Å². The standard InChI is InChI=1S/C13H10BrClN2O/c1-8-3-2-4-16-12(8)17-13(18)9-5-10(14)7-11(15)6-9/h2-7H,1H3,(H,16,17,18). The Bertz CT molecular complexity index is 581. The van der Waals surface area contributed by atoms with Crippen LogP contribution in [-0.2, 0) is 0 Å². The summed E-state index contributed by atoms with van der Waals surface area (Å²) >= 11 is 9.20. The largest absolute Gasteiger partial charge is 0.306 e. The molecule has 1 amide bonds. The minimum atomic E-state index is -0.236. The first-order valence-corrected chi connectivity index (χ1v) is 6.42. The number of nitrogens with zero attached hydrogens (tertiary/aromatic N) is 1. The number of nitrogens with one attached hydrogen (secondary N) is 1. The van der Waals surface area contributed by atoms with Crippen LogP contribution in [0.4, 0.5) is 5.82 Å². The minimum Gasteiger partial charge on any atom is -0.306 e. The molecule has 1 N–H and O–H groups in total. The van der Waals surface area contributed by atoms with Crippen LogP contribution in [0.2, 0.25) is 5.02 Å². The van der Waals surface area contributed by atoms with Crippen LogP contribution < -0.4 is 5.32 Å².